The zero-order valence-electron chi connectivity index (χ0n) is 12.8. The lowest BCUT2D eigenvalue weighted by Crippen LogP contribution is -2.35. The summed E-state index contributed by atoms with van der Waals surface area (Å²) in [6, 6.07) is 2.57. The molecule has 1 atom stereocenters. The van der Waals surface area contributed by atoms with Gasteiger partial charge in [-0.2, -0.15) is 0 Å². The lowest BCUT2D eigenvalue weighted by Gasteiger charge is -2.26. The predicted molar refractivity (Wildman–Crippen MR) is 85.7 cm³/mol. The molecule has 0 aromatic carbocycles. The Labute approximate surface area is 129 Å². The highest BCUT2D eigenvalue weighted by atomic mass is 32.1. The highest BCUT2D eigenvalue weighted by Crippen LogP contribution is 2.23. The number of rotatable bonds is 4. The van der Waals surface area contributed by atoms with Crippen LogP contribution in [-0.4, -0.2) is 46.0 Å². The van der Waals surface area contributed by atoms with Crippen LogP contribution in [0.25, 0.3) is 0 Å². The molecule has 112 valence electrons. The third kappa shape index (κ3) is 3.22. The Morgan fingerprint density at radius 1 is 1.33 bits per heavy atom. The first kappa shape index (κ1) is 14.4. The van der Waals surface area contributed by atoms with E-state index < -0.39 is 0 Å². The highest BCUT2D eigenvalue weighted by Gasteiger charge is 2.27. The Balaban J connectivity index is 1.63. The Morgan fingerprint density at radius 2 is 2.19 bits per heavy atom. The molecular weight excluding hydrogens is 282 g/mol. The van der Waals surface area contributed by atoms with Gasteiger partial charge in [0.2, 0.25) is 0 Å². The molecular formula is C15H21N5S. The Kier molecular flexibility index (Phi) is 4.17. The molecule has 0 bridgehead atoms. The summed E-state index contributed by atoms with van der Waals surface area (Å²) < 4.78 is 0. The number of aromatic nitrogens is 3. The second-order valence-electron chi connectivity index (χ2n) is 5.67. The summed E-state index contributed by atoms with van der Waals surface area (Å²) >= 11 is 1.76. The number of hydrogen-bond acceptors (Lipinski definition) is 6. The second kappa shape index (κ2) is 6.07. The number of thiazole rings is 1. The molecule has 1 fully saturated rings. The van der Waals surface area contributed by atoms with E-state index in [1.165, 1.54) is 17.0 Å². The molecule has 0 N–H and O–H groups in total. The first-order valence-corrected chi connectivity index (χ1v) is 8.14. The van der Waals surface area contributed by atoms with E-state index >= 15 is 0 Å². The van der Waals surface area contributed by atoms with E-state index in [1.54, 1.807) is 17.7 Å². The van der Waals surface area contributed by atoms with Crippen molar-refractivity contribution in [3.63, 3.8) is 0 Å². The second-order valence-corrected chi connectivity index (χ2v) is 6.61. The van der Waals surface area contributed by atoms with Crippen molar-refractivity contribution in [1.82, 2.24) is 19.9 Å². The van der Waals surface area contributed by atoms with Crippen molar-refractivity contribution in [2.75, 3.05) is 25.0 Å². The van der Waals surface area contributed by atoms with Crippen molar-refractivity contribution >= 4 is 17.2 Å². The van der Waals surface area contributed by atoms with Crippen molar-refractivity contribution in [3.05, 3.63) is 34.2 Å². The van der Waals surface area contributed by atoms with Crippen LogP contribution in [0.3, 0.4) is 0 Å². The third-order valence-electron chi connectivity index (χ3n) is 4.16. The van der Waals surface area contributed by atoms with Crippen LogP contribution < -0.4 is 4.90 Å². The van der Waals surface area contributed by atoms with Crippen molar-refractivity contribution in [1.29, 1.82) is 0 Å². The molecule has 0 spiro atoms. The zero-order chi connectivity index (χ0) is 14.8. The molecule has 3 heterocycles. The molecule has 2 aromatic rings. The van der Waals surface area contributed by atoms with Crippen LogP contribution in [0.5, 0.6) is 0 Å². The monoisotopic (exact) mass is 303 g/mol. The molecule has 0 saturated carbocycles. The van der Waals surface area contributed by atoms with Gasteiger partial charge in [-0.15, -0.1) is 11.3 Å². The first-order chi connectivity index (χ1) is 10.1. The van der Waals surface area contributed by atoms with Gasteiger partial charge in [-0.25, -0.2) is 15.0 Å². The topological polar surface area (TPSA) is 45.2 Å². The summed E-state index contributed by atoms with van der Waals surface area (Å²) in [5.41, 5.74) is 4.12. The van der Waals surface area contributed by atoms with E-state index in [1.807, 2.05) is 12.4 Å². The van der Waals surface area contributed by atoms with Gasteiger partial charge in [0.15, 0.2) is 0 Å². The lowest BCUT2D eigenvalue weighted by molar-refractivity contribution is 0.328. The Hall–Kier alpha value is -1.53. The van der Waals surface area contributed by atoms with Gasteiger partial charge in [0, 0.05) is 49.4 Å². The van der Waals surface area contributed by atoms with Gasteiger partial charge in [0.25, 0.3) is 0 Å². The van der Waals surface area contributed by atoms with Crippen LogP contribution in [0, 0.1) is 13.8 Å². The van der Waals surface area contributed by atoms with Gasteiger partial charge in [-0.1, -0.05) is 0 Å². The van der Waals surface area contributed by atoms with Crippen LogP contribution >= 0.6 is 11.3 Å². The number of anilines is 1. The van der Waals surface area contributed by atoms with Crippen LogP contribution in [-0.2, 0) is 6.54 Å². The molecule has 6 heteroatoms. The van der Waals surface area contributed by atoms with Crippen molar-refractivity contribution in [2.45, 2.75) is 32.9 Å². The number of nitrogens with zero attached hydrogens (tertiary/aromatic N) is 5. The highest BCUT2D eigenvalue weighted by molar-refractivity contribution is 7.09. The predicted octanol–water partition coefficient (Wildman–Crippen LogP) is 2.26. The lowest BCUT2D eigenvalue weighted by atomic mass is 10.2. The standard InChI is InChI=1S/C15H21N5S/c1-11-6-15(17-9-16-11)19(3)13-4-5-20(7-13)8-14-12(2)18-10-21-14/h6,9-10,13H,4-5,7-8H2,1-3H3. The molecule has 21 heavy (non-hydrogen) atoms. The van der Waals surface area contributed by atoms with E-state index in [-0.39, 0.29) is 0 Å². The van der Waals surface area contributed by atoms with Crippen LogP contribution in [0.4, 0.5) is 5.82 Å². The molecule has 1 aliphatic heterocycles. The van der Waals surface area contributed by atoms with Crippen molar-refractivity contribution in [2.24, 2.45) is 0 Å². The van der Waals surface area contributed by atoms with Gasteiger partial charge < -0.3 is 4.90 Å². The van der Waals surface area contributed by atoms with Crippen molar-refractivity contribution < 1.29 is 0 Å². The van der Waals surface area contributed by atoms with E-state index in [4.69, 9.17) is 0 Å². The van der Waals surface area contributed by atoms with Crippen LogP contribution in [0.15, 0.2) is 17.9 Å². The van der Waals surface area contributed by atoms with E-state index in [9.17, 15) is 0 Å². The summed E-state index contributed by atoms with van der Waals surface area (Å²) in [7, 11) is 2.13. The van der Waals surface area contributed by atoms with Gasteiger partial charge in [-0.05, 0) is 20.3 Å². The molecule has 1 unspecified atom stereocenters. The largest absolute Gasteiger partial charge is 0.355 e. The minimum atomic E-state index is 0.521. The minimum absolute atomic E-state index is 0.521. The molecule has 0 radical (unpaired) electrons. The molecule has 5 nitrogen and oxygen atoms in total. The number of hydrogen-bond donors (Lipinski definition) is 0. The van der Waals surface area contributed by atoms with E-state index in [0.29, 0.717) is 6.04 Å². The maximum absolute atomic E-state index is 4.39. The summed E-state index contributed by atoms with van der Waals surface area (Å²) in [5.74, 6) is 1.02. The average Bonchev–Trinajstić information content (AvgIpc) is 3.09. The smallest absolute Gasteiger partial charge is 0.132 e. The summed E-state index contributed by atoms with van der Waals surface area (Å²) in [6.07, 6.45) is 2.83. The van der Waals surface area contributed by atoms with Gasteiger partial charge in [-0.3, -0.25) is 4.90 Å². The first-order valence-electron chi connectivity index (χ1n) is 7.26. The summed E-state index contributed by atoms with van der Waals surface area (Å²) in [5, 5.41) is 0. The molecule has 0 aliphatic carbocycles. The Bertz CT molecular complexity index is 612. The normalized spacial score (nSPS) is 19.1. The van der Waals surface area contributed by atoms with Crippen molar-refractivity contribution in [3.8, 4) is 0 Å². The van der Waals surface area contributed by atoms with Gasteiger partial charge in [0.05, 0.1) is 11.2 Å². The fraction of sp³-hybridized carbons (Fsp3) is 0.533. The Morgan fingerprint density at radius 3 is 2.90 bits per heavy atom. The molecule has 2 aromatic heterocycles. The SMILES string of the molecule is Cc1cc(N(C)C2CCN(Cc3scnc3C)C2)ncn1. The number of aryl methyl sites for hydroxylation is 2. The van der Waals surface area contributed by atoms with Crippen LogP contribution in [0.2, 0.25) is 0 Å². The molecule has 1 saturated heterocycles. The quantitative estimate of drug-likeness (QED) is 0.867. The third-order valence-corrected chi connectivity index (χ3v) is 5.08. The van der Waals surface area contributed by atoms with Gasteiger partial charge >= 0.3 is 0 Å². The maximum Gasteiger partial charge on any atom is 0.132 e. The molecule has 1 aliphatic rings. The zero-order valence-corrected chi connectivity index (χ0v) is 13.6. The summed E-state index contributed by atoms with van der Waals surface area (Å²) in [6.45, 7) is 7.33. The number of likely N-dealkylation sites (tertiary alicyclic amines) is 1. The molecule has 0 amide bonds. The average molecular weight is 303 g/mol. The minimum Gasteiger partial charge on any atom is -0.355 e. The van der Waals surface area contributed by atoms with Crippen LogP contribution in [0.1, 0.15) is 22.7 Å². The number of likely N-dealkylation sites (N-methyl/N-ethyl adjacent to an activating group) is 1. The van der Waals surface area contributed by atoms with E-state index in [2.05, 4.69) is 44.8 Å². The summed E-state index contributed by atoms with van der Waals surface area (Å²) in [4.78, 5) is 19.1. The maximum atomic E-state index is 4.39. The van der Waals surface area contributed by atoms with Gasteiger partial charge in [0.1, 0.15) is 12.1 Å². The van der Waals surface area contributed by atoms with E-state index in [0.717, 1.165) is 31.1 Å². The fourth-order valence-corrected chi connectivity index (χ4v) is 3.59. The molecule has 3 rings (SSSR count). The fourth-order valence-electron chi connectivity index (χ4n) is 2.77.